The van der Waals surface area contributed by atoms with Crippen LogP contribution in [-0.4, -0.2) is 23.4 Å². The van der Waals surface area contributed by atoms with E-state index in [1.807, 2.05) is 0 Å². The van der Waals surface area contributed by atoms with Crippen LogP contribution in [0.2, 0.25) is 10.0 Å². The van der Waals surface area contributed by atoms with Crippen LogP contribution in [0.3, 0.4) is 0 Å². The molecule has 0 unspecified atom stereocenters. The molecule has 0 saturated carbocycles. The minimum Gasteiger partial charge on any atom is -0.486 e. The smallest absolute Gasteiger partial charge is 0.417 e. The minimum absolute atomic E-state index is 0.198. The van der Waals surface area contributed by atoms with E-state index in [-0.39, 0.29) is 12.4 Å². The van der Waals surface area contributed by atoms with Gasteiger partial charge in [-0.2, -0.15) is 13.2 Å². The Bertz CT molecular complexity index is 827. The summed E-state index contributed by atoms with van der Waals surface area (Å²) < 4.78 is 42.8. The van der Waals surface area contributed by atoms with Gasteiger partial charge in [-0.25, -0.2) is 9.78 Å². The zero-order chi connectivity index (χ0) is 19.3. The number of amidine groups is 1. The number of hydrogen-bond acceptors (Lipinski definition) is 5. The SMILES string of the molecule is N/C(COc1ccc(Cl)cc1)=N\OC(=O)c1ncc(C(F)(F)F)cc1Cl. The highest BCUT2D eigenvalue weighted by Crippen LogP contribution is 2.31. The van der Waals surface area contributed by atoms with Gasteiger partial charge in [0.2, 0.25) is 0 Å². The Morgan fingerprint density at radius 3 is 2.46 bits per heavy atom. The van der Waals surface area contributed by atoms with Crippen LogP contribution in [0.25, 0.3) is 0 Å². The summed E-state index contributed by atoms with van der Waals surface area (Å²) in [7, 11) is 0. The number of ether oxygens (including phenoxy) is 1. The van der Waals surface area contributed by atoms with Crippen molar-refractivity contribution >= 4 is 35.0 Å². The van der Waals surface area contributed by atoms with Crippen molar-refractivity contribution in [3.63, 3.8) is 0 Å². The lowest BCUT2D eigenvalue weighted by Crippen LogP contribution is -2.22. The molecule has 26 heavy (non-hydrogen) atoms. The van der Waals surface area contributed by atoms with Gasteiger partial charge in [-0.1, -0.05) is 28.4 Å². The number of pyridine rings is 1. The summed E-state index contributed by atoms with van der Waals surface area (Å²) in [5, 5.41) is 3.31. The van der Waals surface area contributed by atoms with E-state index in [4.69, 9.17) is 33.7 Å². The Morgan fingerprint density at radius 1 is 1.23 bits per heavy atom. The number of halogens is 5. The fourth-order valence-corrected chi connectivity index (χ4v) is 1.97. The Labute approximate surface area is 155 Å². The van der Waals surface area contributed by atoms with Gasteiger partial charge in [0.1, 0.15) is 12.4 Å². The molecule has 0 atom stereocenters. The predicted octanol–water partition coefficient (Wildman–Crippen LogP) is 3.92. The lowest BCUT2D eigenvalue weighted by Gasteiger charge is -2.08. The van der Waals surface area contributed by atoms with Crippen molar-refractivity contribution in [3.8, 4) is 5.75 Å². The molecule has 0 fully saturated rings. The molecular weight excluding hydrogens is 398 g/mol. The molecule has 1 heterocycles. The highest BCUT2D eigenvalue weighted by atomic mass is 35.5. The van der Waals surface area contributed by atoms with E-state index >= 15 is 0 Å². The predicted molar refractivity (Wildman–Crippen MR) is 88.2 cm³/mol. The number of carbonyl (C=O) groups is 1. The second-order valence-electron chi connectivity index (χ2n) is 4.76. The number of nitrogens with two attached hydrogens (primary N) is 1. The molecule has 11 heteroatoms. The summed E-state index contributed by atoms with van der Waals surface area (Å²) in [4.78, 5) is 19.6. The molecule has 1 aromatic heterocycles. The molecule has 0 aliphatic carbocycles. The third-order valence-electron chi connectivity index (χ3n) is 2.81. The Hall–Kier alpha value is -2.52. The number of oxime groups is 1. The van der Waals surface area contributed by atoms with Gasteiger partial charge in [0.05, 0.1) is 10.6 Å². The maximum absolute atomic E-state index is 12.5. The molecule has 0 amide bonds. The second-order valence-corrected chi connectivity index (χ2v) is 5.60. The van der Waals surface area contributed by atoms with Gasteiger partial charge >= 0.3 is 12.1 Å². The van der Waals surface area contributed by atoms with Gasteiger partial charge in [0.25, 0.3) is 0 Å². The normalized spacial score (nSPS) is 12.0. The standard InChI is InChI=1S/C15H10Cl2F3N3O3/c16-9-1-3-10(4-2-9)25-7-12(21)23-26-14(24)13-11(17)5-8(6-22-13)15(18,19)20/h1-6H,7H2,(H2,21,23). The number of aromatic nitrogens is 1. The summed E-state index contributed by atoms with van der Waals surface area (Å²) >= 11 is 11.3. The van der Waals surface area contributed by atoms with Crippen LogP contribution in [0.4, 0.5) is 13.2 Å². The largest absolute Gasteiger partial charge is 0.486 e. The number of alkyl halides is 3. The number of nitrogens with zero attached hydrogens (tertiary/aromatic N) is 2. The van der Waals surface area contributed by atoms with Gasteiger partial charge < -0.3 is 15.3 Å². The van der Waals surface area contributed by atoms with Crippen molar-refractivity contribution in [2.75, 3.05) is 6.61 Å². The molecule has 0 saturated heterocycles. The Morgan fingerprint density at radius 2 is 1.88 bits per heavy atom. The number of hydrogen-bond donors (Lipinski definition) is 1. The monoisotopic (exact) mass is 407 g/mol. The van der Waals surface area contributed by atoms with Crippen molar-refractivity contribution in [1.82, 2.24) is 4.98 Å². The molecule has 138 valence electrons. The summed E-state index contributed by atoms with van der Waals surface area (Å²) in [5.74, 6) is -0.916. The third kappa shape index (κ3) is 5.50. The van der Waals surface area contributed by atoms with Gasteiger partial charge in [0.15, 0.2) is 11.5 Å². The summed E-state index contributed by atoms with van der Waals surface area (Å²) in [6.07, 6.45) is -4.18. The maximum Gasteiger partial charge on any atom is 0.417 e. The first-order valence-corrected chi connectivity index (χ1v) is 7.57. The topological polar surface area (TPSA) is 86.8 Å². The molecule has 2 aromatic rings. The van der Waals surface area contributed by atoms with E-state index in [1.165, 1.54) is 0 Å². The second kappa shape index (κ2) is 8.24. The number of rotatable bonds is 5. The van der Waals surface area contributed by atoms with Crippen LogP contribution in [0, 0.1) is 0 Å². The first-order chi connectivity index (χ1) is 12.2. The minimum atomic E-state index is -4.64. The van der Waals surface area contributed by atoms with Crippen molar-refractivity contribution in [2.45, 2.75) is 6.18 Å². The van der Waals surface area contributed by atoms with Crippen LogP contribution < -0.4 is 10.5 Å². The summed E-state index contributed by atoms with van der Waals surface area (Å²) in [6.45, 7) is -0.205. The Kier molecular flexibility index (Phi) is 6.27. The number of benzene rings is 1. The average molecular weight is 408 g/mol. The average Bonchev–Trinajstić information content (AvgIpc) is 2.58. The Balaban J connectivity index is 1.96. The molecule has 0 radical (unpaired) electrons. The molecule has 2 rings (SSSR count). The zero-order valence-electron chi connectivity index (χ0n) is 12.8. The van der Waals surface area contributed by atoms with Crippen molar-refractivity contribution in [3.05, 3.63) is 57.8 Å². The van der Waals surface area contributed by atoms with Gasteiger partial charge in [-0.15, -0.1) is 0 Å². The molecule has 0 aliphatic heterocycles. The van der Waals surface area contributed by atoms with Crippen LogP contribution in [0.1, 0.15) is 16.1 Å². The zero-order valence-corrected chi connectivity index (χ0v) is 14.3. The quantitative estimate of drug-likeness (QED) is 0.351. The molecule has 0 bridgehead atoms. The van der Waals surface area contributed by atoms with E-state index in [0.29, 0.717) is 23.0 Å². The molecular formula is C15H10Cl2F3N3O3. The first kappa shape index (κ1) is 19.8. The van der Waals surface area contributed by atoms with Crippen molar-refractivity contribution in [2.24, 2.45) is 10.9 Å². The summed E-state index contributed by atoms with van der Waals surface area (Å²) in [6, 6.07) is 6.94. The third-order valence-corrected chi connectivity index (χ3v) is 3.35. The highest BCUT2D eigenvalue weighted by Gasteiger charge is 2.32. The van der Waals surface area contributed by atoms with Crippen LogP contribution in [-0.2, 0) is 11.0 Å². The van der Waals surface area contributed by atoms with Crippen molar-refractivity contribution < 1.29 is 27.5 Å². The van der Waals surface area contributed by atoms with Gasteiger partial charge in [0, 0.05) is 11.2 Å². The molecule has 1 aromatic carbocycles. The lowest BCUT2D eigenvalue weighted by atomic mass is 10.2. The van der Waals surface area contributed by atoms with E-state index in [2.05, 4.69) is 15.0 Å². The lowest BCUT2D eigenvalue weighted by molar-refractivity contribution is -0.137. The van der Waals surface area contributed by atoms with Crippen molar-refractivity contribution in [1.29, 1.82) is 0 Å². The first-order valence-electron chi connectivity index (χ1n) is 6.81. The molecule has 2 N–H and O–H groups in total. The fourth-order valence-electron chi connectivity index (χ4n) is 1.60. The van der Waals surface area contributed by atoms with Gasteiger partial charge in [-0.3, -0.25) is 0 Å². The summed E-state index contributed by atoms with van der Waals surface area (Å²) in [5.41, 5.74) is 3.89. The number of carbonyl (C=O) groups excluding carboxylic acids is 1. The van der Waals surface area contributed by atoms with E-state index in [9.17, 15) is 18.0 Å². The van der Waals surface area contributed by atoms with Crippen LogP contribution in [0.15, 0.2) is 41.7 Å². The van der Waals surface area contributed by atoms with Gasteiger partial charge in [-0.05, 0) is 30.3 Å². The fraction of sp³-hybridized carbons (Fsp3) is 0.133. The highest BCUT2D eigenvalue weighted by molar-refractivity contribution is 6.33. The van der Waals surface area contributed by atoms with E-state index in [1.54, 1.807) is 24.3 Å². The van der Waals surface area contributed by atoms with E-state index in [0.717, 1.165) is 0 Å². The molecule has 0 spiro atoms. The van der Waals surface area contributed by atoms with Crippen LogP contribution >= 0.6 is 23.2 Å². The van der Waals surface area contributed by atoms with Crippen LogP contribution in [0.5, 0.6) is 5.75 Å². The van der Waals surface area contributed by atoms with E-state index < -0.39 is 28.4 Å². The molecule has 6 nitrogen and oxygen atoms in total. The molecule has 0 aliphatic rings. The maximum atomic E-state index is 12.5.